The van der Waals surface area contributed by atoms with Gasteiger partial charge in [0.25, 0.3) is 0 Å². The molecule has 12 aromatic heterocycles. The maximum absolute atomic E-state index is 12.0. The molecule has 552 valence electrons. The molecule has 3 fully saturated rings. The molecule has 0 saturated carbocycles. The van der Waals surface area contributed by atoms with E-state index in [2.05, 4.69) is 99.5 Å². The van der Waals surface area contributed by atoms with Gasteiger partial charge in [0.2, 0.25) is 52.0 Å². The van der Waals surface area contributed by atoms with Crippen molar-refractivity contribution in [1.82, 2.24) is 84.5 Å². The summed E-state index contributed by atoms with van der Waals surface area (Å²) in [5.41, 5.74) is 22.2. The van der Waals surface area contributed by atoms with Crippen LogP contribution in [0, 0.1) is 29.2 Å². The lowest BCUT2D eigenvalue weighted by atomic mass is 10.1. The standard InChI is InChI=1S/C33H33N9O3.C27H18N6O3.C24H9N9/c1-4-25-28(19-22(1)37-7-13-43-14-8-37)40-31(34-25)41-29-20-23(38-9-15-44-16-10-38)2-5-26(29)36-33(41)42-30-21-24(39-11-17-45-18-12-39)3-6-27(30)35-32(40)42;1-15(36)18-4-7-24-21(14-18)30-27-32-23-6-3-17(9-11-35)13-20(23)28-25(32)31-22-5-2-16(8-10-34)12-19(22)29-26(31)33(24)27;1-27-15-4-7-18-21(10-15)33-23-29-17-6-3-14(12-26)9-20(17)31(23)22-28-16-5-2-13(11-25)8-19(16)32(22)24(33)30-18/h1-6,19-21H,7-18H2;2-7,10-14H,8-9H2,1H3;2-10H. The molecule has 114 heavy (non-hydrogen) atoms. The summed E-state index contributed by atoms with van der Waals surface area (Å²) in [5.74, 6) is 5.95. The molecule has 9 aromatic carbocycles. The number of benzene rings is 9. The topological polar surface area (TPSA) is 296 Å². The van der Waals surface area contributed by atoms with Crippen molar-refractivity contribution in [1.29, 1.82) is 10.5 Å². The molecule has 3 aliphatic heterocycles. The number of morpholine rings is 3. The molecule has 0 atom stereocenters. The number of rotatable bonds is 8. The van der Waals surface area contributed by atoms with E-state index in [0.29, 0.717) is 92.0 Å². The fourth-order valence-corrected chi connectivity index (χ4v) is 16.7. The van der Waals surface area contributed by atoms with Gasteiger partial charge in [0.05, 0.1) is 169 Å². The number of nitrogens with zero attached hydrogens (tertiary/aromatic N) is 24. The number of ketones is 1. The molecule has 3 aliphatic rings. The first-order chi connectivity index (χ1) is 56.1. The number of imidazole rings is 9. The van der Waals surface area contributed by atoms with E-state index in [0.717, 1.165) is 197 Å². The molecule has 0 aliphatic carbocycles. The Morgan fingerprint density at radius 1 is 0.360 bits per heavy atom. The van der Waals surface area contributed by atoms with Crippen molar-refractivity contribution in [3.05, 3.63) is 203 Å². The second-order valence-corrected chi connectivity index (χ2v) is 28.6. The summed E-state index contributed by atoms with van der Waals surface area (Å²) in [5, 5.41) is 18.9. The number of hydrogen-bond donors (Lipinski definition) is 0. The van der Waals surface area contributed by atoms with E-state index in [1.807, 2.05) is 87.1 Å². The van der Waals surface area contributed by atoms with Crippen molar-refractivity contribution in [2.24, 2.45) is 0 Å². The SMILES string of the molecule is CC(=O)c1ccc2c(c1)nc1n3c4ccc(CC=O)cc4nc3n3c4ccc(CC=O)cc4nc3n21.[C-]#[N+]c1ccc2nc3n4c5cc(C#N)ccc5nc4n4c5cc(C#N)ccc5nc4n3c2c1.c1cc2nc3n(c2cc1N1CCOCC1)c1nc2ccc(N4CCOCC4)cc2n1c1nc2ccc(N4CCOCC4)cc2n31. The Bertz CT molecular complexity index is 7350. The second kappa shape index (κ2) is 25.5. The largest absolute Gasteiger partial charge is 0.378 e. The highest BCUT2D eigenvalue weighted by atomic mass is 16.5. The highest BCUT2D eigenvalue weighted by Gasteiger charge is 2.28. The molecule has 0 radical (unpaired) electrons. The minimum absolute atomic E-state index is 0.0331. The minimum atomic E-state index is -0.0331. The summed E-state index contributed by atoms with van der Waals surface area (Å²) in [6.45, 7) is 18.6. The van der Waals surface area contributed by atoms with E-state index in [9.17, 15) is 24.9 Å². The Morgan fingerprint density at radius 3 is 0.974 bits per heavy atom. The van der Waals surface area contributed by atoms with Gasteiger partial charge in [-0.05, 0) is 164 Å². The third-order valence-electron chi connectivity index (χ3n) is 22.2. The van der Waals surface area contributed by atoms with Crippen LogP contribution in [0.2, 0.25) is 0 Å². The number of nitriles is 2. The molecule has 0 bridgehead atoms. The lowest BCUT2D eigenvalue weighted by molar-refractivity contribution is -0.108. The number of Topliss-reactive ketones (excluding diaryl/α,β-unsaturated/α-hetero) is 1. The van der Waals surface area contributed by atoms with Crippen molar-refractivity contribution < 1.29 is 28.6 Å². The fraction of sp³-hybridized carbons (Fsp3) is 0.179. The zero-order valence-electron chi connectivity index (χ0n) is 60.8. The molecule has 30 heteroatoms. The predicted octanol–water partition coefficient (Wildman–Crippen LogP) is 11.8. The van der Waals surface area contributed by atoms with E-state index in [-0.39, 0.29) is 5.78 Å². The Hall–Kier alpha value is -15.0. The molecular formula is C84H60N24O6. The summed E-state index contributed by atoms with van der Waals surface area (Å²) in [6.07, 6.45) is 2.37. The molecule has 21 aromatic rings. The number of carbonyl (C=O) groups is 3. The fourth-order valence-electron chi connectivity index (χ4n) is 16.7. The van der Waals surface area contributed by atoms with Crippen LogP contribution in [0.1, 0.15) is 39.5 Å². The highest BCUT2D eigenvalue weighted by molar-refractivity contribution is 6.00. The number of aldehydes is 2. The molecule has 0 unspecified atom stereocenters. The van der Waals surface area contributed by atoms with Gasteiger partial charge < -0.3 is 38.5 Å². The average molecular weight is 1500 g/mol. The van der Waals surface area contributed by atoms with Crippen molar-refractivity contribution >= 4 is 192 Å². The van der Waals surface area contributed by atoms with Gasteiger partial charge in [-0.25, -0.2) is 89.3 Å². The average Bonchev–Trinajstić information content (AvgIpc) is 1.55. The first-order valence-corrected chi connectivity index (χ1v) is 37.3. The van der Waals surface area contributed by atoms with Gasteiger partial charge in [0, 0.05) is 74.7 Å². The van der Waals surface area contributed by atoms with Crippen LogP contribution in [-0.4, -0.2) is 182 Å². The van der Waals surface area contributed by atoms with Crippen LogP contribution in [0.5, 0.6) is 0 Å². The third-order valence-corrected chi connectivity index (χ3v) is 22.2. The van der Waals surface area contributed by atoms with E-state index in [4.69, 9.17) is 65.6 Å². The molecule has 0 spiro atoms. The van der Waals surface area contributed by atoms with Crippen LogP contribution in [0.25, 0.3) is 156 Å². The normalized spacial score (nSPS) is 14.5. The van der Waals surface area contributed by atoms with E-state index in [1.165, 1.54) is 24.0 Å². The third kappa shape index (κ3) is 10.1. The first kappa shape index (κ1) is 66.0. The zero-order chi connectivity index (χ0) is 76.3. The first-order valence-electron chi connectivity index (χ1n) is 37.3. The summed E-state index contributed by atoms with van der Waals surface area (Å²) in [7, 11) is 0. The van der Waals surface area contributed by atoms with E-state index >= 15 is 0 Å². The van der Waals surface area contributed by atoms with Crippen molar-refractivity contribution in [2.45, 2.75) is 19.8 Å². The number of aromatic nitrogens is 18. The van der Waals surface area contributed by atoms with Crippen molar-refractivity contribution in [3.8, 4) is 12.1 Å². The minimum Gasteiger partial charge on any atom is -0.378 e. The zero-order valence-corrected chi connectivity index (χ0v) is 60.8. The number of hydrogen-bond acceptors (Lipinski definition) is 20. The molecule has 30 nitrogen and oxygen atoms in total. The van der Waals surface area contributed by atoms with Gasteiger partial charge in [-0.15, -0.1) is 0 Å². The van der Waals surface area contributed by atoms with Crippen LogP contribution in [0.15, 0.2) is 164 Å². The molecule has 15 heterocycles. The predicted molar refractivity (Wildman–Crippen MR) is 430 cm³/mol. The summed E-state index contributed by atoms with van der Waals surface area (Å²) in [4.78, 5) is 90.0. The molecule has 3 saturated heterocycles. The van der Waals surface area contributed by atoms with Gasteiger partial charge in [-0.1, -0.05) is 18.2 Å². The van der Waals surface area contributed by atoms with Gasteiger partial charge in [0.15, 0.2) is 11.5 Å². The van der Waals surface area contributed by atoms with Gasteiger partial charge in [-0.2, -0.15) is 10.5 Å². The Labute approximate surface area is 641 Å². The van der Waals surface area contributed by atoms with Crippen LogP contribution >= 0.6 is 0 Å². The second-order valence-electron chi connectivity index (χ2n) is 28.6. The van der Waals surface area contributed by atoms with E-state index < -0.39 is 0 Å². The lowest BCUT2D eigenvalue weighted by Gasteiger charge is -2.28. The number of ether oxygens (including phenoxy) is 3. The Morgan fingerprint density at radius 2 is 0.649 bits per heavy atom. The monoisotopic (exact) mass is 1500 g/mol. The van der Waals surface area contributed by atoms with Crippen LogP contribution in [0.4, 0.5) is 22.7 Å². The quantitative estimate of drug-likeness (QED) is 0.0775. The Balaban J connectivity index is 0.000000106. The lowest BCUT2D eigenvalue weighted by Crippen LogP contribution is -2.36. The van der Waals surface area contributed by atoms with Crippen LogP contribution in [0.3, 0.4) is 0 Å². The van der Waals surface area contributed by atoms with Crippen molar-refractivity contribution in [2.75, 3.05) is 93.6 Å². The molecule has 24 rings (SSSR count). The van der Waals surface area contributed by atoms with Crippen LogP contribution in [-0.2, 0) is 36.6 Å². The number of fused-ring (bicyclic) bond motifs is 36. The van der Waals surface area contributed by atoms with E-state index in [1.54, 1.807) is 48.5 Å². The van der Waals surface area contributed by atoms with Gasteiger partial charge in [0.1, 0.15) is 12.6 Å². The molecular weight excluding hydrogens is 1440 g/mol. The Kier molecular flexibility index (Phi) is 14.8. The van der Waals surface area contributed by atoms with Crippen LogP contribution < -0.4 is 14.7 Å². The number of anilines is 3. The maximum Gasteiger partial charge on any atom is 0.225 e. The maximum atomic E-state index is 12.0. The van der Waals surface area contributed by atoms with Crippen molar-refractivity contribution in [3.63, 3.8) is 0 Å². The summed E-state index contributed by atoms with van der Waals surface area (Å²) < 4.78 is 35.1. The van der Waals surface area contributed by atoms with Gasteiger partial charge in [-0.3, -0.25) is 4.79 Å². The highest BCUT2D eigenvalue weighted by Crippen LogP contribution is 2.37. The smallest absolute Gasteiger partial charge is 0.225 e. The molecule has 0 N–H and O–H groups in total. The number of carbonyl (C=O) groups excluding carboxylic acids is 3. The summed E-state index contributed by atoms with van der Waals surface area (Å²) >= 11 is 0. The molecule has 0 amide bonds. The summed E-state index contributed by atoms with van der Waals surface area (Å²) in [6, 6.07) is 57.0. The van der Waals surface area contributed by atoms with Gasteiger partial charge >= 0.3 is 0 Å².